The lowest BCUT2D eigenvalue weighted by atomic mass is 10.0. The van der Waals surface area contributed by atoms with Gasteiger partial charge in [-0.25, -0.2) is 9.97 Å². The average molecular weight is 556 g/mol. The lowest BCUT2D eigenvalue weighted by molar-refractivity contribution is 0.104. The number of aromatic nitrogens is 2. The number of benzene rings is 2. The van der Waals surface area contributed by atoms with Crippen molar-refractivity contribution in [3.63, 3.8) is 0 Å². The number of anilines is 1. The lowest BCUT2D eigenvalue weighted by Gasteiger charge is -2.26. The second-order valence-electron chi connectivity index (χ2n) is 11.4. The van der Waals surface area contributed by atoms with Gasteiger partial charge in [0.1, 0.15) is 11.5 Å². The molecule has 41 heavy (non-hydrogen) atoms. The summed E-state index contributed by atoms with van der Waals surface area (Å²) in [6.07, 6.45) is 9.87. The second kappa shape index (κ2) is 13.0. The maximum absolute atomic E-state index is 13.6. The topological polar surface area (TPSA) is 93.8 Å². The second-order valence-corrected chi connectivity index (χ2v) is 11.4. The van der Waals surface area contributed by atoms with Crippen molar-refractivity contribution in [2.45, 2.75) is 51.4 Å². The van der Waals surface area contributed by atoms with Gasteiger partial charge in [-0.2, -0.15) is 0 Å². The van der Waals surface area contributed by atoms with Crippen LogP contribution in [-0.4, -0.2) is 78.0 Å². The number of nitrogens with zero attached hydrogens (tertiary/aromatic N) is 4. The maximum atomic E-state index is 13.6. The van der Waals surface area contributed by atoms with E-state index in [9.17, 15) is 4.79 Å². The van der Waals surface area contributed by atoms with Gasteiger partial charge < -0.3 is 25.0 Å². The minimum absolute atomic E-state index is 0.0956. The van der Waals surface area contributed by atoms with E-state index in [0.717, 1.165) is 42.8 Å². The Balaban J connectivity index is 1.09. The summed E-state index contributed by atoms with van der Waals surface area (Å²) in [6.45, 7) is 8.23. The molecule has 2 aliphatic heterocycles. The summed E-state index contributed by atoms with van der Waals surface area (Å²) < 4.78 is 12.0. The molecule has 3 aliphatic rings. The van der Waals surface area contributed by atoms with Gasteiger partial charge in [0.15, 0.2) is 5.78 Å². The van der Waals surface area contributed by atoms with Crippen LogP contribution >= 0.6 is 0 Å². The molecule has 0 unspecified atom stereocenters. The van der Waals surface area contributed by atoms with Crippen molar-refractivity contribution >= 4 is 11.7 Å². The first-order chi connectivity index (χ1) is 20.2. The van der Waals surface area contributed by atoms with Gasteiger partial charge in [-0.15, -0.1) is 0 Å². The number of rotatable bonds is 11. The van der Waals surface area contributed by atoms with E-state index >= 15 is 0 Å². The Labute approximate surface area is 242 Å². The molecule has 0 bridgehead atoms. The van der Waals surface area contributed by atoms with Crippen molar-refractivity contribution in [1.82, 2.24) is 19.8 Å². The number of ketones is 1. The molecule has 8 heteroatoms. The average Bonchev–Trinajstić information content (AvgIpc) is 3.29. The molecule has 2 fully saturated rings. The Morgan fingerprint density at radius 2 is 1.24 bits per heavy atom. The number of piperidine rings is 2. The maximum Gasteiger partial charge on any atom is 0.221 e. The fraction of sp³-hybridized carbons (Fsp3) is 0.485. The standard InChI is InChI=1S/C33H41N5O3/c34-33-35-30(24-9-11-25(12-10-24)40-21-7-19-37-15-3-1-4-16-37)29-31(36-33)27-14-13-26(23-28(27)32(29)39)41-22-8-20-38-17-5-2-6-18-38/h9-14,23H,1-8,15-22H2,(H2,34,35,36). The van der Waals surface area contributed by atoms with Crippen molar-refractivity contribution in [1.29, 1.82) is 0 Å². The smallest absolute Gasteiger partial charge is 0.221 e. The predicted molar refractivity (Wildman–Crippen MR) is 162 cm³/mol. The molecule has 8 nitrogen and oxygen atoms in total. The van der Waals surface area contributed by atoms with Gasteiger partial charge in [-0.05, 0) is 107 Å². The Morgan fingerprint density at radius 3 is 1.88 bits per heavy atom. The minimum Gasteiger partial charge on any atom is -0.494 e. The van der Waals surface area contributed by atoms with Crippen molar-refractivity contribution in [3.8, 4) is 34.0 Å². The minimum atomic E-state index is -0.0956. The summed E-state index contributed by atoms with van der Waals surface area (Å²) >= 11 is 0. The third-order valence-electron chi connectivity index (χ3n) is 8.44. The van der Waals surface area contributed by atoms with Gasteiger partial charge in [0.25, 0.3) is 0 Å². The van der Waals surface area contributed by atoms with E-state index in [-0.39, 0.29) is 11.7 Å². The van der Waals surface area contributed by atoms with Crippen LogP contribution in [0.3, 0.4) is 0 Å². The zero-order chi connectivity index (χ0) is 28.0. The molecule has 216 valence electrons. The van der Waals surface area contributed by atoms with E-state index in [2.05, 4.69) is 19.8 Å². The summed E-state index contributed by atoms with van der Waals surface area (Å²) in [5.74, 6) is 1.56. The Bertz CT molecular complexity index is 1350. The fourth-order valence-electron chi connectivity index (χ4n) is 6.27. The third-order valence-corrected chi connectivity index (χ3v) is 8.44. The molecule has 6 rings (SSSR count). The first-order valence-electron chi connectivity index (χ1n) is 15.3. The van der Waals surface area contributed by atoms with Crippen LogP contribution in [0.1, 0.15) is 67.3 Å². The van der Waals surface area contributed by atoms with Crippen LogP contribution in [0.5, 0.6) is 11.5 Å². The number of nitrogens with two attached hydrogens (primary N) is 1. The predicted octanol–water partition coefficient (Wildman–Crippen LogP) is 5.45. The number of fused-ring (bicyclic) bond motifs is 3. The van der Waals surface area contributed by atoms with Gasteiger partial charge in [0.2, 0.25) is 5.95 Å². The van der Waals surface area contributed by atoms with Crippen molar-refractivity contribution < 1.29 is 14.3 Å². The van der Waals surface area contributed by atoms with Crippen LogP contribution in [-0.2, 0) is 0 Å². The molecule has 2 aromatic carbocycles. The highest BCUT2D eigenvalue weighted by Crippen LogP contribution is 2.41. The summed E-state index contributed by atoms with van der Waals surface area (Å²) in [7, 11) is 0. The van der Waals surface area contributed by atoms with Gasteiger partial charge in [0.05, 0.1) is 30.2 Å². The van der Waals surface area contributed by atoms with Crippen LogP contribution in [0.2, 0.25) is 0 Å². The number of carbonyl (C=O) groups is 1. The fourth-order valence-corrected chi connectivity index (χ4v) is 6.27. The molecule has 3 heterocycles. The van der Waals surface area contributed by atoms with E-state index in [1.807, 2.05) is 42.5 Å². The summed E-state index contributed by atoms with van der Waals surface area (Å²) in [4.78, 5) is 27.6. The molecule has 0 saturated carbocycles. The SMILES string of the molecule is Nc1nc(-c2ccc(OCCCN3CCCCC3)cc2)c2c(n1)-c1ccc(OCCCN3CCCCC3)cc1C2=O. The van der Waals surface area contributed by atoms with Crippen LogP contribution in [0.15, 0.2) is 42.5 Å². The van der Waals surface area contributed by atoms with Crippen LogP contribution in [0.4, 0.5) is 5.95 Å². The Kier molecular flexibility index (Phi) is 8.77. The van der Waals surface area contributed by atoms with Gasteiger partial charge in [-0.3, -0.25) is 4.79 Å². The number of hydrogen-bond acceptors (Lipinski definition) is 8. The quantitative estimate of drug-likeness (QED) is 0.244. The van der Waals surface area contributed by atoms with Crippen LogP contribution < -0.4 is 15.2 Å². The first-order valence-corrected chi connectivity index (χ1v) is 15.3. The van der Waals surface area contributed by atoms with Crippen LogP contribution in [0.25, 0.3) is 22.5 Å². The molecule has 1 aromatic heterocycles. The van der Waals surface area contributed by atoms with Gasteiger partial charge in [-0.1, -0.05) is 12.8 Å². The van der Waals surface area contributed by atoms with Gasteiger partial charge >= 0.3 is 0 Å². The highest BCUT2D eigenvalue weighted by Gasteiger charge is 2.33. The summed E-state index contributed by atoms with van der Waals surface area (Å²) in [5, 5.41) is 0. The Hall–Kier alpha value is -3.49. The zero-order valence-electron chi connectivity index (χ0n) is 23.9. The normalized spacial score (nSPS) is 17.3. The summed E-state index contributed by atoms with van der Waals surface area (Å²) in [5.41, 5.74) is 9.92. The van der Waals surface area contributed by atoms with E-state index in [1.54, 1.807) is 0 Å². The van der Waals surface area contributed by atoms with Crippen LogP contribution in [0, 0.1) is 0 Å². The van der Waals surface area contributed by atoms with Crippen molar-refractivity contribution in [2.24, 2.45) is 0 Å². The molecular weight excluding hydrogens is 514 g/mol. The van der Waals surface area contributed by atoms with E-state index in [4.69, 9.17) is 15.2 Å². The third kappa shape index (κ3) is 6.54. The van der Waals surface area contributed by atoms with E-state index < -0.39 is 0 Å². The molecule has 2 saturated heterocycles. The zero-order valence-corrected chi connectivity index (χ0v) is 23.9. The first kappa shape index (κ1) is 27.7. The number of ether oxygens (including phenoxy) is 2. The Morgan fingerprint density at radius 1 is 0.683 bits per heavy atom. The van der Waals surface area contributed by atoms with Crippen molar-refractivity contribution in [3.05, 3.63) is 53.6 Å². The number of likely N-dealkylation sites (tertiary alicyclic amines) is 2. The molecule has 3 aromatic rings. The highest BCUT2D eigenvalue weighted by molar-refractivity contribution is 6.23. The van der Waals surface area contributed by atoms with E-state index in [0.29, 0.717) is 41.5 Å². The molecule has 0 radical (unpaired) electrons. The monoisotopic (exact) mass is 555 g/mol. The number of nitrogen functional groups attached to an aromatic ring is 1. The van der Waals surface area contributed by atoms with Gasteiger partial charge in [0, 0.05) is 29.8 Å². The highest BCUT2D eigenvalue weighted by atomic mass is 16.5. The lowest BCUT2D eigenvalue weighted by Crippen LogP contribution is -2.31. The number of hydrogen-bond donors (Lipinski definition) is 1. The molecule has 0 amide bonds. The van der Waals surface area contributed by atoms with E-state index in [1.165, 1.54) is 64.7 Å². The largest absolute Gasteiger partial charge is 0.494 e. The number of carbonyl (C=O) groups excluding carboxylic acids is 1. The molecule has 0 spiro atoms. The molecule has 1 aliphatic carbocycles. The molecular formula is C33H41N5O3. The summed E-state index contributed by atoms with van der Waals surface area (Å²) in [6, 6.07) is 13.4. The molecule has 0 atom stereocenters. The van der Waals surface area contributed by atoms with Crippen molar-refractivity contribution in [2.75, 3.05) is 58.2 Å². The molecule has 2 N–H and O–H groups in total.